The van der Waals surface area contributed by atoms with Gasteiger partial charge in [0.25, 0.3) is 0 Å². The van der Waals surface area contributed by atoms with E-state index >= 15 is 0 Å². The summed E-state index contributed by atoms with van der Waals surface area (Å²) < 4.78 is 5.82. The Morgan fingerprint density at radius 1 is 1.40 bits per heavy atom. The van der Waals surface area contributed by atoms with Crippen molar-refractivity contribution in [1.82, 2.24) is 19.9 Å². The van der Waals surface area contributed by atoms with Crippen molar-refractivity contribution in [3.05, 3.63) is 47.3 Å². The second-order valence-electron chi connectivity index (χ2n) is 5.31. The van der Waals surface area contributed by atoms with Gasteiger partial charge in [-0.05, 0) is 25.5 Å². The van der Waals surface area contributed by atoms with Crippen molar-refractivity contribution in [3.63, 3.8) is 0 Å². The lowest BCUT2D eigenvalue weighted by Gasteiger charge is -2.32. The largest absolute Gasteiger partial charge is 0.368 e. The molecule has 2 aromatic rings. The Labute approximate surface area is 119 Å². The van der Waals surface area contributed by atoms with Gasteiger partial charge >= 0.3 is 0 Å². The third-order valence-corrected chi connectivity index (χ3v) is 3.67. The molecule has 0 spiro atoms. The van der Waals surface area contributed by atoms with Crippen LogP contribution in [0.5, 0.6) is 0 Å². The van der Waals surface area contributed by atoms with Gasteiger partial charge < -0.3 is 9.72 Å². The number of hydrogen-bond acceptors (Lipinski definition) is 4. The zero-order valence-corrected chi connectivity index (χ0v) is 12.0. The summed E-state index contributed by atoms with van der Waals surface area (Å²) in [5.41, 5.74) is 3.45. The van der Waals surface area contributed by atoms with E-state index < -0.39 is 0 Å². The molecule has 0 bridgehead atoms. The van der Waals surface area contributed by atoms with Crippen LogP contribution in [0.2, 0.25) is 0 Å². The predicted molar refractivity (Wildman–Crippen MR) is 76.3 cm³/mol. The highest BCUT2D eigenvalue weighted by Crippen LogP contribution is 2.21. The smallest absolute Gasteiger partial charge is 0.136 e. The van der Waals surface area contributed by atoms with E-state index in [0.29, 0.717) is 0 Å². The Morgan fingerprint density at radius 2 is 2.30 bits per heavy atom. The summed E-state index contributed by atoms with van der Waals surface area (Å²) in [5.74, 6) is 0.921. The van der Waals surface area contributed by atoms with Crippen LogP contribution in [0.25, 0.3) is 0 Å². The minimum atomic E-state index is 0.0291. The second kappa shape index (κ2) is 5.73. The number of rotatable bonds is 3. The van der Waals surface area contributed by atoms with E-state index in [9.17, 15) is 0 Å². The van der Waals surface area contributed by atoms with Crippen LogP contribution in [-0.2, 0) is 11.3 Å². The van der Waals surface area contributed by atoms with Crippen LogP contribution in [0.3, 0.4) is 0 Å². The lowest BCUT2D eigenvalue weighted by atomic mass is 10.2. The number of nitrogens with one attached hydrogen (secondary N) is 1. The Hall–Kier alpha value is -1.72. The molecule has 5 nitrogen and oxygen atoms in total. The number of aromatic amines is 1. The van der Waals surface area contributed by atoms with Crippen molar-refractivity contribution >= 4 is 0 Å². The number of imidazole rings is 1. The van der Waals surface area contributed by atoms with Crippen LogP contribution in [0.15, 0.2) is 24.5 Å². The van der Waals surface area contributed by atoms with Gasteiger partial charge in [-0.25, -0.2) is 4.98 Å². The standard InChI is InChI=1S/C15H20N4O/c1-11-4-3-5-16-13(11)9-19-6-7-20-14(10-19)15-17-8-12(2)18-15/h3-5,8,14H,6-7,9-10H2,1-2H3,(H,17,18). The molecule has 2 aromatic heterocycles. The van der Waals surface area contributed by atoms with Gasteiger partial charge in [0.1, 0.15) is 11.9 Å². The molecule has 0 aromatic carbocycles. The number of H-pyrrole nitrogens is 1. The van der Waals surface area contributed by atoms with E-state index in [-0.39, 0.29) is 6.10 Å². The lowest BCUT2D eigenvalue weighted by Crippen LogP contribution is -2.38. The van der Waals surface area contributed by atoms with Crippen LogP contribution >= 0.6 is 0 Å². The van der Waals surface area contributed by atoms with Gasteiger partial charge in [-0.15, -0.1) is 0 Å². The first-order chi connectivity index (χ1) is 9.72. The number of nitrogens with zero attached hydrogens (tertiary/aromatic N) is 3. The molecule has 1 N–H and O–H groups in total. The topological polar surface area (TPSA) is 54.0 Å². The Bertz CT molecular complexity index is 581. The summed E-state index contributed by atoms with van der Waals surface area (Å²) in [6.45, 7) is 7.50. The molecule has 0 amide bonds. The number of aromatic nitrogens is 3. The molecule has 3 heterocycles. The lowest BCUT2D eigenvalue weighted by molar-refractivity contribution is -0.0372. The molecule has 5 heteroatoms. The first-order valence-corrected chi connectivity index (χ1v) is 6.98. The zero-order valence-electron chi connectivity index (χ0n) is 12.0. The SMILES string of the molecule is Cc1cnc(C2CN(Cc3ncccc3C)CCO2)[nH]1. The first-order valence-electron chi connectivity index (χ1n) is 6.98. The quantitative estimate of drug-likeness (QED) is 0.928. The summed E-state index contributed by atoms with van der Waals surface area (Å²) in [6.07, 6.45) is 3.73. The van der Waals surface area contributed by atoms with Crippen molar-refractivity contribution in [1.29, 1.82) is 0 Å². The van der Waals surface area contributed by atoms with Crippen molar-refractivity contribution in [2.75, 3.05) is 19.7 Å². The van der Waals surface area contributed by atoms with E-state index in [1.54, 1.807) is 0 Å². The summed E-state index contributed by atoms with van der Waals surface area (Å²) >= 11 is 0. The molecule has 1 fully saturated rings. The van der Waals surface area contributed by atoms with Crippen LogP contribution in [0, 0.1) is 13.8 Å². The molecule has 0 radical (unpaired) electrons. The molecule has 0 saturated carbocycles. The molecule has 1 aliphatic heterocycles. The Kier molecular flexibility index (Phi) is 3.80. The fourth-order valence-electron chi connectivity index (χ4n) is 2.50. The van der Waals surface area contributed by atoms with Crippen molar-refractivity contribution in [2.24, 2.45) is 0 Å². The minimum absolute atomic E-state index is 0.0291. The molecule has 1 atom stereocenters. The monoisotopic (exact) mass is 272 g/mol. The third kappa shape index (κ3) is 2.89. The molecule has 0 aliphatic carbocycles. The van der Waals surface area contributed by atoms with E-state index in [0.717, 1.165) is 43.5 Å². The molecule has 3 rings (SSSR count). The minimum Gasteiger partial charge on any atom is -0.368 e. The third-order valence-electron chi connectivity index (χ3n) is 3.67. The van der Waals surface area contributed by atoms with E-state index in [4.69, 9.17) is 4.74 Å². The van der Waals surface area contributed by atoms with Crippen molar-refractivity contribution < 1.29 is 4.74 Å². The van der Waals surface area contributed by atoms with Crippen LogP contribution in [0.4, 0.5) is 0 Å². The van der Waals surface area contributed by atoms with Crippen molar-refractivity contribution in [2.45, 2.75) is 26.5 Å². The molecular weight excluding hydrogens is 252 g/mol. The number of hydrogen-bond donors (Lipinski definition) is 1. The van der Waals surface area contributed by atoms with Gasteiger partial charge in [0.05, 0.1) is 12.3 Å². The maximum absolute atomic E-state index is 5.82. The highest BCUT2D eigenvalue weighted by atomic mass is 16.5. The van der Waals surface area contributed by atoms with E-state index in [2.05, 4.69) is 32.8 Å². The van der Waals surface area contributed by atoms with E-state index in [1.165, 1.54) is 5.56 Å². The molecule has 1 saturated heterocycles. The van der Waals surface area contributed by atoms with Crippen LogP contribution in [-0.4, -0.2) is 39.5 Å². The molecule has 1 unspecified atom stereocenters. The zero-order chi connectivity index (χ0) is 13.9. The highest BCUT2D eigenvalue weighted by Gasteiger charge is 2.24. The average Bonchev–Trinajstić information content (AvgIpc) is 2.89. The fourth-order valence-corrected chi connectivity index (χ4v) is 2.50. The highest BCUT2D eigenvalue weighted by molar-refractivity contribution is 5.17. The van der Waals surface area contributed by atoms with Gasteiger partial charge in [-0.3, -0.25) is 9.88 Å². The summed E-state index contributed by atoms with van der Waals surface area (Å²) in [7, 11) is 0. The van der Waals surface area contributed by atoms with Gasteiger partial charge in [0.2, 0.25) is 0 Å². The van der Waals surface area contributed by atoms with Gasteiger partial charge in [0, 0.05) is 37.7 Å². The van der Waals surface area contributed by atoms with Gasteiger partial charge in [0.15, 0.2) is 0 Å². The predicted octanol–water partition coefficient (Wildman–Crippen LogP) is 2.00. The molecular formula is C15H20N4O. The fraction of sp³-hybridized carbons (Fsp3) is 0.467. The number of morpholine rings is 1. The second-order valence-corrected chi connectivity index (χ2v) is 5.31. The molecule has 20 heavy (non-hydrogen) atoms. The number of ether oxygens (including phenoxy) is 1. The summed E-state index contributed by atoms with van der Waals surface area (Å²) in [6, 6.07) is 4.09. The Morgan fingerprint density at radius 3 is 3.05 bits per heavy atom. The normalized spacial score (nSPS) is 20.2. The molecule has 106 valence electrons. The first kappa shape index (κ1) is 13.3. The maximum Gasteiger partial charge on any atom is 0.136 e. The van der Waals surface area contributed by atoms with Gasteiger partial charge in [-0.2, -0.15) is 0 Å². The van der Waals surface area contributed by atoms with Crippen LogP contribution in [0.1, 0.15) is 28.9 Å². The Balaban J connectivity index is 1.68. The van der Waals surface area contributed by atoms with Crippen molar-refractivity contribution in [3.8, 4) is 0 Å². The van der Waals surface area contributed by atoms with Gasteiger partial charge in [-0.1, -0.05) is 6.07 Å². The summed E-state index contributed by atoms with van der Waals surface area (Å²) in [5, 5.41) is 0. The number of aryl methyl sites for hydroxylation is 2. The summed E-state index contributed by atoms with van der Waals surface area (Å²) in [4.78, 5) is 14.5. The molecule has 1 aliphatic rings. The van der Waals surface area contributed by atoms with E-state index in [1.807, 2.05) is 25.4 Å². The maximum atomic E-state index is 5.82. The van der Waals surface area contributed by atoms with Crippen LogP contribution < -0.4 is 0 Å². The average molecular weight is 272 g/mol. The number of pyridine rings is 1.